The first-order chi connectivity index (χ1) is 28.1. The average Bonchev–Trinajstić information content (AvgIpc) is 3.87. The second-order valence-electron chi connectivity index (χ2n) is 15.6. The molecule has 15 heteroatoms. The molecule has 3 N–H and O–H groups in total. The summed E-state index contributed by atoms with van der Waals surface area (Å²) in [6.45, 7) is 2.72. The summed E-state index contributed by atoms with van der Waals surface area (Å²) in [4.78, 5) is 91.3. The molecule has 1 aliphatic carbocycles. The van der Waals surface area contributed by atoms with Crippen molar-refractivity contribution in [1.29, 1.82) is 0 Å². The minimum Gasteiger partial charge on any atom is -0.496 e. The Morgan fingerprint density at radius 3 is 2.55 bits per heavy atom. The molecule has 4 heterocycles. The quantitative estimate of drug-likeness (QED) is 0.145. The predicted molar refractivity (Wildman–Crippen MR) is 217 cm³/mol. The Bertz CT molecular complexity index is 2100. The summed E-state index contributed by atoms with van der Waals surface area (Å²) in [6.07, 6.45) is 11.0. The number of anilines is 3. The van der Waals surface area contributed by atoms with Crippen LogP contribution in [-0.2, 0) is 32.1 Å². The molecule has 3 aromatic rings. The number of piperidine rings is 1. The lowest BCUT2D eigenvalue weighted by Gasteiger charge is -2.43. The Morgan fingerprint density at radius 2 is 1.79 bits per heavy atom. The van der Waals surface area contributed by atoms with Gasteiger partial charge in [0.05, 0.1) is 13.3 Å². The number of ether oxygens (including phenoxy) is 1. The topological polar surface area (TPSA) is 183 Å². The molecule has 1 saturated heterocycles. The summed E-state index contributed by atoms with van der Waals surface area (Å²) >= 11 is 0. The molecule has 15 nitrogen and oxygen atoms in total. The van der Waals surface area contributed by atoms with Crippen molar-refractivity contribution in [2.45, 2.75) is 115 Å². The lowest BCUT2D eigenvalue weighted by molar-refractivity contribution is -0.137. The molecule has 4 aliphatic rings. The van der Waals surface area contributed by atoms with Crippen LogP contribution in [0.1, 0.15) is 122 Å². The molecule has 306 valence electrons. The van der Waals surface area contributed by atoms with E-state index in [1.807, 2.05) is 13.0 Å². The van der Waals surface area contributed by atoms with Gasteiger partial charge in [-0.3, -0.25) is 34.1 Å². The van der Waals surface area contributed by atoms with Crippen molar-refractivity contribution in [3.63, 3.8) is 0 Å². The van der Waals surface area contributed by atoms with E-state index in [9.17, 15) is 28.8 Å². The van der Waals surface area contributed by atoms with Gasteiger partial charge in [0.15, 0.2) is 5.82 Å². The first-order valence-corrected chi connectivity index (χ1v) is 20.5. The van der Waals surface area contributed by atoms with E-state index in [0.29, 0.717) is 66.2 Å². The van der Waals surface area contributed by atoms with E-state index in [1.54, 1.807) is 55.6 Å². The maximum absolute atomic E-state index is 13.3. The highest BCUT2D eigenvalue weighted by Gasteiger charge is 2.42. The number of hydrogen-bond acceptors (Lipinski definition) is 10. The van der Waals surface area contributed by atoms with Crippen LogP contribution in [0.3, 0.4) is 0 Å². The summed E-state index contributed by atoms with van der Waals surface area (Å²) in [5, 5.41) is 8.23. The van der Waals surface area contributed by atoms with Gasteiger partial charge in [-0.2, -0.15) is 0 Å². The van der Waals surface area contributed by atoms with Gasteiger partial charge in [-0.15, -0.1) is 0 Å². The number of likely N-dealkylation sites (N-methyl/N-ethyl adjacent to an activating group) is 1. The van der Waals surface area contributed by atoms with Crippen LogP contribution >= 0.6 is 0 Å². The zero-order valence-corrected chi connectivity index (χ0v) is 33.5. The third-order valence-corrected chi connectivity index (χ3v) is 11.8. The van der Waals surface area contributed by atoms with Gasteiger partial charge in [0, 0.05) is 73.4 Å². The fourth-order valence-electron chi connectivity index (χ4n) is 8.69. The molecule has 1 saturated carbocycles. The maximum atomic E-state index is 13.3. The van der Waals surface area contributed by atoms with Gasteiger partial charge >= 0.3 is 0 Å². The number of fused-ring (bicyclic) bond motifs is 2. The molecule has 7 rings (SSSR count). The summed E-state index contributed by atoms with van der Waals surface area (Å²) in [7, 11) is 3.37. The van der Waals surface area contributed by atoms with E-state index >= 15 is 0 Å². The smallest absolute Gasteiger partial charge is 0.255 e. The van der Waals surface area contributed by atoms with Crippen LogP contribution < -0.4 is 30.5 Å². The predicted octanol–water partition coefficient (Wildman–Crippen LogP) is 4.66. The van der Waals surface area contributed by atoms with Gasteiger partial charge in [-0.1, -0.05) is 44.7 Å². The highest BCUT2D eigenvalue weighted by atomic mass is 16.5. The average molecular weight is 793 g/mol. The largest absolute Gasteiger partial charge is 0.496 e. The van der Waals surface area contributed by atoms with Crippen LogP contribution in [0.5, 0.6) is 5.75 Å². The SMILES string of the molecule is CC[C@@H]1C(=O)N(C)c2cnc(Cc3ccc(C(=O)NCCCCCCC(=O)Nc4cccc5c4CN(C4CCC(=O)NC4=O)C5=O)cc3OC)nc2N1C1CCCC1. The number of carbonyl (C=O) groups excluding carboxylic acids is 6. The molecular formula is C43H52N8O7. The third kappa shape index (κ3) is 8.39. The normalized spacial score (nSPS) is 19.3. The fourth-order valence-corrected chi connectivity index (χ4v) is 8.69. The number of imide groups is 1. The molecule has 1 aromatic heterocycles. The van der Waals surface area contributed by atoms with Crippen molar-refractivity contribution in [3.05, 3.63) is 70.7 Å². The number of rotatable bonds is 15. The minimum atomic E-state index is -0.721. The molecule has 2 atom stereocenters. The Kier molecular flexibility index (Phi) is 12.3. The number of methoxy groups -OCH3 is 1. The third-order valence-electron chi connectivity index (χ3n) is 11.8. The zero-order chi connectivity index (χ0) is 40.9. The van der Waals surface area contributed by atoms with Gasteiger partial charge in [-0.25, -0.2) is 9.97 Å². The van der Waals surface area contributed by atoms with Crippen LogP contribution in [0.2, 0.25) is 0 Å². The second-order valence-corrected chi connectivity index (χ2v) is 15.6. The number of nitrogens with zero attached hydrogens (tertiary/aromatic N) is 5. The molecule has 2 fully saturated rings. The molecule has 0 spiro atoms. The zero-order valence-electron chi connectivity index (χ0n) is 33.5. The van der Waals surface area contributed by atoms with Crippen LogP contribution in [-0.4, -0.2) is 89.1 Å². The number of benzene rings is 2. The number of amides is 6. The molecule has 0 bridgehead atoms. The molecule has 1 unspecified atom stereocenters. The van der Waals surface area contributed by atoms with Crippen molar-refractivity contribution < 1.29 is 33.5 Å². The molecule has 3 aliphatic heterocycles. The highest BCUT2D eigenvalue weighted by molar-refractivity contribution is 6.07. The van der Waals surface area contributed by atoms with Crippen LogP contribution in [0, 0.1) is 0 Å². The van der Waals surface area contributed by atoms with Crippen molar-refractivity contribution in [2.75, 3.05) is 35.8 Å². The van der Waals surface area contributed by atoms with Crippen LogP contribution in [0.15, 0.2) is 42.6 Å². The van der Waals surface area contributed by atoms with Gasteiger partial charge in [0.2, 0.25) is 23.6 Å². The first-order valence-electron chi connectivity index (χ1n) is 20.5. The molecule has 58 heavy (non-hydrogen) atoms. The first kappa shape index (κ1) is 40.3. The van der Waals surface area contributed by atoms with E-state index in [4.69, 9.17) is 9.72 Å². The van der Waals surface area contributed by atoms with E-state index in [0.717, 1.165) is 62.0 Å². The lowest BCUT2D eigenvalue weighted by atomic mass is 10.0. The van der Waals surface area contributed by atoms with Gasteiger partial charge in [0.25, 0.3) is 11.8 Å². The minimum absolute atomic E-state index is 0.0750. The van der Waals surface area contributed by atoms with Crippen molar-refractivity contribution in [1.82, 2.24) is 25.5 Å². The Hall–Kier alpha value is -5.86. The van der Waals surface area contributed by atoms with Gasteiger partial charge < -0.3 is 30.1 Å². The van der Waals surface area contributed by atoms with E-state index in [2.05, 4.69) is 25.8 Å². The molecule has 2 aromatic carbocycles. The maximum Gasteiger partial charge on any atom is 0.255 e. The number of aromatic nitrogens is 2. The monoisotopic (exact) mass is 792 g/mol. The van der Waals surface area contributed by atoms with Crippen molar-refractivity contribution in [3.8, 4) is 5.75 Å². The van der Waals surface area contributed by atoms with Crippen molar-refractivity contribution >= 4 is 52.6 Å². The summed E-state index contributed by atoms with van der Waals surface area (Å²) < 4.78 is 5.71. The van der Waals surface area contributed by atoms with Crippen molar-refractivity contribution in [2.24, 2.45) is 0 Å². The lowest BCUT2D eigenvalue weighted by Crippen LogP contribution is -2.55. The Morgan fingerprint density at radius 1 is 1.00 bits per heavy atom. The number of nitrogens with one attached hydrogen (secondary N) is 3. The summed E-state index contributed by atoms with van der Waals surface area (Å²) in [5.74, 6) is 0.593. The van der Waals surface area contributed by atoms with E-state index in [-0.39, 0.29) is 61.0 Å². The van der Waals surface area contributed by atoms with Crippen LogP contribution in [0.4, 0.5) is 17.2 Å². The Balaban J connectivity index is 0.861. The standard InChI is InChI=1S/C43H52N8O7/c1-4-32-43(57)49(2)34-24-45-36(47-39(34)51(32)28-12-8-9-13-28)23-26-17-18-27(22-35(26)58-3)40(54)44-21-10-6-5-7-16-37(52)46-31-15-11-14-29-30(31)25-50(42(29)56)33-19-20-38(53)48-41(33)55/h11,14-15,17-18,22,24,28,32-33H,4-10,12-13,16,19-21,23,25H2,1-3H3,(H,44,54)(H,46,52)(H,48,53,55)/t32-,33?/m1/s1. The number of unbranched alkanes of at least 4 members (excludes halogenated alkanes) is 3. The van der Waals surface area contributed by atoms with Gasteiger partial charge in [0.1, 0.15) is 29.3 Å². The summed E-state index contributed by atoms with van der Waals surface area (Å²) in [6, 6.07) is 9.84. The van der Waals surface area contributed by atoms with Gasteiger partial charge in [-0.05, 0) is 62.8 Å². The van der Waals surface area contributed by atoms with Crippen LogP contribution in [0.25, 0.3) is 0 Å². The summed E-state index contributed by atoms with van der Waals surface area (Å²) in [5.41, 5.74) is 3.72. The Labute approximate surface area is 338 Å². The highest BCUT2D eigenvalue weighted by Crippen LogP contribution is 2.40. The molecule has 0 radical (unpaired) electrons. The molecule has 6 amide bonds. The second kappa shape index (κ2) is 17.7. The number of carbonyl (C=O) groups is 6. The van der Waals surface area contributed by atoms with E-state index < -0.39 is 11.9 Å². The van der Waals surface area contributed by atoms with E-state index in [1.165, 1.54) is 4.90 Å². The fraction of sp³-hybridized carbons (Fsp3) is 0.488. The molecular weight excluding hydrogens is 741 g/mol. The number of hydrogen-bond donors (Lipinski definition) is 3.